The van der Waals surface area contributed by atoms with E-state index < -0.39 is 11.9 Å². The molecular weight excluding hydrogens is 352 g/mol. The SMILES string of the molecule is C/C=C/C=C/C(=O)O.CCCCCCCC/C=C\CCCCCCCC(=O)O. The summed E-state index contributed by atoms with van der Waals surface area (Å²) in [6.07, 6.45) is 27.2. The molecule has 2 N–H and O–H groups in total. The fraction of sp³-hybridized carbons (Fsp3) is 0.667. The second kappa shape index (κ2) is 25.2. The molecule has 4 nitrogen and oxygen atoms in total. The summed E-state index contributed by atoms with van der Waals surface area (Å²) >= 11 is 0. The first-order valence-electron chi connectivity index (χ1n) is 10.9. The van der Waals surface area contributed by atoms with Crippen LogP contribution in [0.4, 0.5) is 0 Å². The van der Waals surface area contributed by atoms with Crippen LogP contribution in [0.2, 0.25) is 0 Å². The predicted molar refractivity (Wildman–Crippen MR) is 119 cm³/mol. The summed E-state index contributed by atoms with van der Waals surface area (Å²) in [6.45, 7) is 4.08. The zero-order valence-electron chi connectivity index (χ0n) is 18.1. The maximum absolute atomic E-state index is 10.3. The van der Waals surface area contributed by atoms with Gasteiger partial charge >= 0.3 is 11.9 Å². The number of rotatable bonds is 17. The van der Waals surface area contributed by atoms with Crippen molar-refractivity contribution < 1.29 is 19.8 Å². The monoisotopic (exact) mass is 394 g/mol. The van der Waals surface area contributed by atoms with Gasteiger partial charge in [0.25, 0.3) is 0 Å². The highest BCUT2D eigenvalue weighted by Gasteiger charge is 1.95. The molecule has 0 saturated heterocycles. The topological polar surface area (TPSA) is 74.6 Å². The Morgan fingerprint density at radius 1 is 0.714 bits per heavy atom. The molecule has 0 atom stereocenters. The van der Waals surface area contributed by atoms with Gasteiger partial charge in [-0.05, 0) is 39.0 Å². The van der Waals surface area contributed by atoms with Crippen molar-refractivity contribution in [2.75, 3.05) is 0 Å². The van der Waals surface area contributed by atoms with Gasteiger partial charge in [0.15, 0.2) is 0 Å². The number of carboxylic acids is 2. The van der Waals surface area contributed by atoms with Gasteiger partial charge in [-0.2, -0.15) is 0 Å². The summed E-state index contributed by atoms with van der Waals surface area (Å²) in [4.78, 5) is 20.1. The van der Waals surface area contributed by atoms with E-state index >= 15 is 0 Å². The molecule has 0 aliphatic rings. The summed E-state index contributed by atoms with van der Waals surface area (Å²) < 4.78 is 0. The van der Waals surface area contributed by atoms with E-state index in [0.717, 1.165) is 18.9 Å². The Hall–Kier alpha value is -1.84. The van der Waals surface area contributed by atoms with Gasteiger partial charge in [-0.1, -0.05) is 88.7 Å². The average molecular weight is 395 g/mol. The van der Waals surface area contributed by atoms with E-state index in [2.05, 4.69) is 19.1 Å². The minimum absolute atomic E-state index is 0.332. The molecule has 0 unspecified atom stereocenters. The normalized spacial score (nSPS) is 11.2. The van der Waals surface area contributed by atoms with Crippen LogP contribution in [0, 0.1) is 0 Å². The number of aliphatic carboxylic acids is 2. The second-order valence-electron chi connectivity index (χ2n) is 6.95. The number of allylic oxidation sites excluding steroid dienone is 5. The molecule has 0 aliphatic carbocycles. The Labute approximate surface area is 172 Å². The van der Waals surface area contributed by atoms with Crippen LogP contribution in [0.25, 0.3) is 0 Å². The van der Waals surface area contributed by atoms with E-state index in [9.17, 15) is 9.59 Å². The number of carboxylic acid groups (broad SMARTS) is 2. The summed E-state index contributed by atoms with van der Waals surface area (Å²) in [5, 5.41) is 16.5. The van der Waals surface area contributed by atoms with Crippen molar-refractivity contribution in [1.29, 1.82) is 0 Å². The predicted octanol–water partition coefficient (Wildman–Crippen LogP) is 7.31. The molecule has 0 spiro atoms. The average Bonchev–Trinajstić information content (AvgIpc) is 2.65. The first-order chi connectivity index (χ1) is 13.5. The molecule has 0 aromatic carbocycles. The van der Waals surface area contributed by atoms with Crippen molar-refractivity contribution in [1.82, 2.24) is 0 Å². The first kappa shape index (κ1) is 28.4. The van der Waals surface area contributed by atoms with E-state index in [0.29, 0.717) is 6.42 Å². The fourth-order valence-electron chi connectivity index (χ4n) is 2.60. The van der Waals surface area contributed by atoms with Crippen molar-refractivity contribution in [3.05, 3.63) is 36.5 Å². The van der Waals surface area contributed by atoms with Gasteiger partial charge in [0.1, 0.15) is 0 Å². The van der Waals surface area contributed by atoms with Crippen molar-refractivity contribution >= 4 is 11.9 Å². The third kappa shape index (κ3) is 31.9. The third-order valence-electron chi connectivity index (χ3n) is 4.19. The third-order valence-corrected chi connectivity index (χ3v) is 4.19. The van der Waals surface area contributed by atoms with Crippen molar-refractivity contribution in [2.24, 2.45) is 0 Å². The lowest BCUT2D eigenvalue weighted by Gasteiger charge is -1.99. The molecule has 162 valence electrons. The van der Waals surface area contributed by atoms with Crippen LogP contribution < -0.4 is 0 Å². The number of unbranched alkanes of at least 4 members (excludes halogenated alkanes) is 11. The molecule has 0 fully saturated rings. The zero-order valence-corrected chi connectivity index (χ0v) is 18.1. The zero-order chi connectivity index (χ0) is 21.3. The van der Waals surface area contributed by atoms with Crippen LogP contribution >= 0.6 is 0 Å². The van der Waals surface area contributed by atoms with Gasteiger partial charge in [-0.3, -0.25) is 4.79 Å². The summed E-state index contributed by atoms with van der Waals surface area (Å²) in [6, 6.07) is 0. The van der Waals surface area contributed by atoms with Crippen LogP contribution in [0.3, 0.4) is 0 Å². The van der Waals surface area contributed by atoms with E-state index in [1.165, 1.54) is 76.7 Å². The molecule has 0 radical (unpaired) electrons. The second-order valence-corrected chi connectivity index (χ2v) is 6.95. The van der Waals surface area contributed by atoms with E-state index in [4.69, 9.17) is 10.2 Å². The highest BCUT2D eigenvalue weighted by molar-refractivity contribution is 5.80. The molecule has 0 heterocycles. The van der Waals surface area contributed by atoms with Crippen LogP contribution in [-0.4, -0.2) is 22.2 Å². The number of hydrogen-bond donors (Lipinski definition) is 2. The van der Waals surface area contributed by atoms with Gasteiger partial charge < -0.3 is 10.2 Å². The molecule has 0 amide bonds. The largest absolute Gasteiger partial charge is 0.481 e. The molecule has 0 saturated carbocycles. The van der Waals surface area contributed by atoms with Crippen LogP contribution in [0.5, 0.6) is 0 Å². The van der Waals surface area contributed by atoms with E-state index in [-0.39, 0.29) is 0 Å². The van der Waals surface area contributed by atoms with Crippen molar-refractivity contribution in [2.45, 2.75) is 104 Å². The van der Waals surface area contributed by atoms with E-state index in [1.807, 2.05) is 6.92 Å². The van der Waals surface area contributed by atoms with Gasteiger partial charge in [-0.25, -0.2) is 4.79 Å². The summed E-state index contributed by atoms with van der Waals surface area (Å²) in [7, 11) is 0. The Morgan fingerprint density at radius 3 is 1.68 bits per heavy atom. The van der Waals surface area contributed by atoms with Gasteiger partial charge in [0, 0.05) is 12.5 Å². The molecule has 4 heteroatoms. The lowest BCUT2D eigenvalue weighted by atomic mass is 10.1. The van der Waals surface area contributed by atoms with Crippen LogP contribution in [0.1, 0.15) is 104 Å². The minimum atomic E-state index is -0.914. The van der Waals surface area contributed by atoms with Gasteiger partial charge in [0.2, 0.25) is 0 Å². The Bertz CT molecular complexity index is 436. The van der Waals surface area contributed by atoms with Gasteiger partial charge in [-0.15, -0.1) is 0 Å². The number of carbonyl (C=O) groups is 2. The molecule has 0 rings (SSSR count). The fourth-order valence-corrected chi connectivity index (χ4v) is 2.60. The standard InChI is InChI=1S/C18H34O2.C6H8O2/c1-2-3-4-5-6-7-8-9-10-11-12-13-14-15-16-17-18(19)20;1-2-3-4-5-6(7)8/h9-10H,2-8,11-17H2,1H3,(H,19,20);2-5H,1H3,(H,7,8)/b10-9-;3-2+,5-4+. The maximum Gasteiger partial charge on any atom is 0.328 e. The summed E-state index contributed by atoms with van der Waals surface area (Å²) in [5.74, 6) is -1.58. The van der Waals surface area contributed by atoms with Crippen molar-refractivity contribution in [3.63, 3.8) is 0 Å². The maximum atomic E-state index is 10.3. The van der Waals surface area contributed by atoms with Gasteiger partial charge in [0.05, 0.1) is 0 Å². The molecule has 0 aromatic rings. The minimum Gasteiger partial charge on any atom is -0.481 e. The summed E-state index contributed by atoms with van der Waals surface area (Å²) in [5.41, 5.74) is 0. The van der Waals surface area contributed by atoms with Crippen LogP contribution in [0.15, 0.2) is 36.5 Å². The lowest BCUT2D eigenvalue weighted by molar-refractivity contribution is -0.137. The molecular formula is C24H42O4. The molecule has 0 aliphatic heterocycles. The van der Waals surface area contributed by atoms with Crippen LogP contribution in [-0.2, 0) is 9.59 Å². The number of hydrogen-bond acceptors (Lipinski definition) is 2. The van der Waals surface area contributed by atoms with Crippen molar-refractivity contribution in [3.8, 4) is 0 Å². The lowest BCUT2D eigenvalue weighted by Crippen LogP contribution is -1.93. The molecule has 0 aromatic heterocycles. The first-order valence-corrected chi connectivity index (χ1v) is 10.9. The highest BCUT2D eigenvalue weighted by Crippen LogP contribution is 2.09. The highest BCUT2D eigenvalue weighted by atomic mass is 16.4. The quantitative estimate of drug-likeness (QED) is 0.117. The molecule has 28 heavy (non-hydrogen) atoms. The Kier molecular flexibility index (Phi) is 25.5. The Morgan fingerprint density at radius 2 is 1.21 bits per heavy atom. The molecule has 0 bridgehead atoms. The van der Waals surface area contributed by atoms with E-state index in [1.54, 1.807) is 12.2 Å². The Balaban J connectivity index is 0. The smallest absolute Gasteiger partial charge is 0.328 e.